The van der Waals surface area contributed by atoms with Crippen molar-refractivity contribution in [2.45, 2.75) is 25.8 Å². The molecule has 3 heterocycles. The maximum absolute atomic E-state index is 11.7. The molecular weight excluding hydrogens is 400 g/mol. The first kappa shape index (κ1) is 21.9. The number of rotatable bonds is 5. The van der Waals surface area contributed by atoms with Crippen LogP contribution >= 0.6 is 0 Å². The van der Waals surface area contributed by atoms with E-state index in [9.17, 15) is 4.79 Å². The highest BCUT2D eigenvalue weighted by atomic mass is 16.1. The number of guanidine groups is 1. The highest BCUT2D eigenvalue weighted by Crippen LogP contribution is 2.25. The summed E-state index contributed by atoms with van der Waals surface area (Å²) in [6, 6.07) is 14.6. The Kier molecular flexibility index (Phi) is 7.04. The lowest BCUT2D eigenvalue weighted by Gasteiger charge is -2.33. The van der Waals surface area contributed by atoms with Gasteiger partial charge in [-0.1, -0.05) is 42.5 Å². The minimum atomic E-state index is -0.223. The first-order chi connectivity index (χ1) is 15.7. The fourth-order valence-corrected chi connectivity index (χ4v) is 4.54. The first-order valence-electron chi connectivity index (χ1n) is 11.3. The van der Waals surface area contributed by atoms with E-state index >= 15 is 0 Å². The molecule has 3 N–H and O–H groups in total. The van der Waals surface area contributed by atoms with Crippen LogP contribution in [0.25, 0.3) is 5.57 Å². The molecule has 1 unspecified atom stereocenters. The smallest absolute Gasteiger partial charge is 0.222 e. The highest BCUT2D eigenvalue weighted by Gasteiger charge is 2.26. The molecule has 1 aromatic heterocycles. The lowest BCUT2D eigenvalue weighted by molar-refractivity contribution is -0.122. The van der Waals surface area contributed by atoms with Gasteiger partial charge in [0.1, 0.15) is 5.82 Å². The quantitative estimate of drug-likeness (QED) is 0.560. The molecule has 1 amide bonds. The SMILES string of the molecule is CN=C(NCc1cccnc1N1CCCC(C(N)=O)C1)N1CC=C(c2ccccc2)CC1. The van der Waals surface area contributed by atoms with Crippen molar-refractivity contribution in [3.63, 3.8) is 0 Å². The maximum Gasteiger partial charge on any atom is 0.222 e. The Hall–Kier alpha value is -3.35. The summed E-state index contributed by atoms with van der Waals surface area (Å²) in [6.45, 7) is 3.90. The van der Waals surface area contributed by atoms with Crippen LogP contribution in [-0.2, 0) is 11.3 Å². The molecule has 2 aliphatic rings. The topological polar surface area (TPSA) is 86.9 Å². The largest absolute Gasteiger partial charge is 0.369 e. The van der Waals surface area contributed by atoms with Crippen LogP contribution in [0, 0.1) is 5.92 Å². The second-order valence-corrected chi connectivity index (χ2v) is 8.37. The number of benzene rings is 1. The van der Waals surface area contributed by atoms with Crippen molar-refractivity contribution in [3.05, 3.63) is 65.9 Å². The van der Waals surface area contributed by atoms with E-state index in [4.69, 9.17) is 5.73 Å². The zero-order chi connectivity index (χ0) is 22.3. The van der Waals surface area contributed by atoms with Gasteiger partial charge >= 0.3 is 0 Å². The maximum atomic E-state index is 11.7. The fraction of sp³-hybridized carbons (Fsp3) is 0.400. The number of nitrogens with two attached hydrogens (primary N) is 1. The van der Waals surface area contributed by atoms with E-state index in [2.05, 4.69) is 67.6 Å². The molecular formula is C25H32N6O. The summed E-state index contributed by atoms with van der Waals surface area (Å²) in [6.07, 6.45) is 6.89. The molecule has 0 bridgehead atoms. The predicted octanol–water partition coefficient (Wildman–Crippen LogP) is 2.65. The Balaban J connectivity index is 1.40. The number of nitrogens with zero attached hydrogens (tertiary/aromatic N) is 4. The third-order valence-corrected chi connectivity index (χ3v) is 6.29. The molecule has 32 heavy (non-hydrogen) atoms. The van der Waals surface area contributed by atoms with Gasteiger partial charge in [0.15, 0.2) is 5.96 Å². The van der Waals surface area contributed by atoms with Gasteiger partial charge in [-0.15, -0.1) is 0 Å². The van der Waals surface area contributed by atoms with E-state index in [-0.39, 0.29) is 11.8 Å². The molecule has 1 atom stereocenters. The van der Waals surface area contributed by atoms with Crippen molar-refractivity contribution in [1.82, 2.24) is 15.2 Å². The molecule has 7 nitrogen and oxygen atoms in total. The Bertz CT molecular complexity index is 987. The van der Waals surface area contributed by atoms with E-state index in [1.807, 2.05) is 19.3 Å². The van der Waals surface area contributed by atoms with Crippen molar-refractivity contribution < 1.29 is 4.79 Å². The Labute approximate surface area is 190 Å². The van der Waals surface area contributed by atoms with Crippen molar-refractivity contribution in [1.29, 1.82) is 0 Å². The Morgan fingerprint density at radius 1 is 1.22 bits per heavy atom. The molecule has 0 aliphatic carbocycles. The molecule has 1 saturated heterocycles. The monoisotopic (exact) mass is 432 g/mol. The summed E-state index contributed by atoms with van der Waals surface area (Å²) < 4.78 is 0. The molecule has 1 aromatic carbocycles. The zero-order valence-corrected chi connectivity index (χ0v) is 18.7. The lowest BCUT2D eigenvalue weighted by atomic mass is 9.97. The van der Waals surface area contributed by atoms with E-state index in [1.54, 1.807) is 0 Å². The van der Waals surface area contributed by atoms with Crippen LogP contribution in [0.3, 0.4) is 0 Å². The van der Waals surface area contributed by atoms with E-state index < -0.39 is 0 Å². The van der Waals surface area contributed by atoms with Crippen LogP contribution in [0.2, 0.25) is 0 Å². The van der Waals surface area contributed by atoms with Crippen LogP contribution in [0.5, 0.6) is 0 Å². The Morgan fingerprint density at radius 2 is 2.06 bits per heavy atom. The number of carbonyl (C=O) groups excluding carboxylic acids is 1. The average Bonchev–Trinajstić information content (AvgIpc) is 2.85. The lowest BCUT2D eigenvalue weighted by Crippen LogP contribution is -2.44. The number of anilines is 1. The number of hydrogen-bond acceptors (Lipinski definition) is 4. The number of nitrogens with one attached hydrogen (secondary N) is 1. The molecule has 0 saturated carbocycles. The van der Waals surface area contributed by atoms with Crippen LogP contribution in [-0.4, -0.2) is 55.0 Å². The summed E-state index contributed by atoms with van der Waals surface area (Å²) >= 11 is 0. The molecule has 1 fully saturated rings. The highest BCUT2D eigenvalue weighted by molar-refractivity contribution is 5.81. The first-order valence-corrected chi connectivity index (χ1v) is 11.3. The third kappa shape index (κ3) is 5.10. The van der Waals surface area contributed by atoms with Gasteiger partial charge in [-0.05, 0) is 36.5 Å². The summed E-state index contributed by atoms with van der Waals surface area (Å²) in [5.74, 6) is 1.47. The second kappa shape index (κ2) is 10.3. The van der Waals surface area contributed by atoms with Crippen molar-refractivity contribution >= 4 is 23.3 Å². The van der Waals surface area contributed by atoms with Crippen molar-refractivity contribution in [2.75, 3.05) is 38.1 Å². The number of pyridine rings is 1. The van der Waals surface area contributed by atoms with Crippen LogP contribution in [0.15, 0.2) is 59.7 Å². The number of amides is 1. The summed E-state index contributed by atoms with van der Waals surface area (Å²) in [7, 11) is 1.82. The number of aliphatic imine (C=N–C) groups is 1. The van der Waals surface area contributed by atoms with Gasteiger partial charge in [-0.3, -0.25) is 9.79 Å². The van der Waals surface area contributed by atoms with Gasteiger partial charge in [0.05, 0.1) is 5.92 Å². The van der Waals surface area contributed by atoms with Gasteiger partial charge in [-0.25, -0.2) is 4.98 Å². The van der Waals surface area contributed by atoms with E-state index in [0.29, 0.717) is 13.1 Å². The van der Waals surface area contributed by atoms with Gasteiger partial charge in [-0.2, -0.15) is 0 Å². The molecule has 2 aliphatic heterocycles. The number of aromatic nitrogens is 1. The van der Waals surface area contributed by atoms with E-state index in [0.717, 1.165) is 56.2 Å². The van der Waals surface area contributed by atoms with Crippen LogP contribution in [0.1, 0.15) is 30.4 Å². The number of carbonyl (C=O) groups is 1. The third-order valence-electron chi connectivity index (χ3n) is 6.29. The van der Waals surface area contributed by atoms with Gasteiger partial charge < -0.3 is 20.9 Å². The van der Waals surface area contributed by atoms with Gasteiger partial charge in [0.2, 0.25) is 5.91 Å². The number of hydrogen-bond donors (Lipinski definition) is 2. The summed E-state index contributed by atoms with van der Waals surface area (Å²) in [5.41, 5.74) is 9.35. The summed E-state index contributed by atoms with van der Waals surface area (Å²) in [4.78, 5) is 25.3. The predicted molar refractivity (Wildman–Crippen MR) is 129 cm³/mol. The average molecular weight is 433 g/mol. The normalized spacial score (nSPS) is 19.5. The summed E-state index contributed by atoms with van der Waals surface area (Å²) in [5, 5.41) is 3.51. The van der Waals surface area contributed by atoms with Crippen molar-refractivity contribution in [3.8, 4) is 0 Å². The fourth-order valence-electron chi connectivity index (χ4n) is 4.54. The number of primary amides is 1. The minimum Gasteiger partial charge on any atom is -0.369 e. The Morgan fingerprint density at radius 3 is 2.78 bits per heavy atom. The standard InChI is InChI=1S/C25H32N6O/c1-27-25(30-15-11-20(12-16-30)19-7-3-2-4-8-19)29-17-21-9-5-13-28-24(21)31-14-6-10-22(18-31)23(26)32/h2-5,7-9,11,13,22H,6,10,12,14-18H2,1H3,(H2,26,32)(H,27,29). The molecule has 7 heteroatoms. The zero-order valence-electron chi connectivity index (χ0n) is 18.7. The van der Waals surface area contributed by atoms with Gasteiger partial charge in [0, 0.05) is 51.5 Å². The molecule has 4 rings (SSSR count). The minimum absolute atomic E-state index is 0.113. The van der Waals surface area contributed by atoms with Crippen LogP contribution in [0.4, 0.5) is 5.82 Å². The van der Waals surface area contributed by atoms with E-state index in [1.165, 1.54) is 11.1 Å². The van der Waals surface area contributed by atoms with Crippen molar-refractivity contribution in [2.24, 2.45) is 16.6 Å². The van der Waals surface area contributed by atoms with Crippen LogP contribution < -0.4 is 16.0 Å². The molecule has 0 radical (unpaired) electrons. The molecule has 0 spiro atoms. The molecule has 168 valence electrons. The molecule has 2 aromatic rings. The number of piperidine rings is 1. The second-order valence-electron chi connectivity index (χ2n) is 8.37. The van der Waals surface area contributed by atoms with Gasteiger partial charge in [0.25, 0.3) is 0 Å².